The van der Waals surface area contributed by atoms with E-state index in [4.69, 9.17) is 0 Å². The first-order valence-corrected chi connectivity index (χ1v) is 5.57. The molecular formula is C12H19F2N3. The van der Waals surface area contributed by atoms with Crippen LogP contribution >= 0.6 is 0 Å². The molecule has 1 heterocycles. The fourth-order valence-corrected chi connectivity index (χ4v) is 1.39. The second-order valence-corrected chi connectivity index (χ2v) is 5.06. The minimum atomic E-state index is -0.660. The molecule has 0 bridgehead atoms. The maximum absolute atomic E-state index is 13.4. The van der Waals surface area contributed by atoms with Gasteiger partial charge < -0.3 is 10.2 Å². The molecule has 0 aromatic carbocycles. The molecule has 1 aromatic rings. The zero-order valence-electron chi connectivity index (χ0n) is 10.7. The summed E-state index contributed by atoms with van der Waals surface area (Å²) in [6.45, 7) is 7.49. The normalized spacial score (nSPS) is 11.6. The van der Waals surface area contributed by atoms with Crippen LogP contribution in [0.5, 0.6) is 0 Å². The Hall–Kier alpha value is -1.23. The van der Waals surface area contributed by atoms with E-state index in [-0.39, 0.29) is 11.4 Å². The molecule has 96 valence electrons. The van der Waals surface area contributed by atoms with Crippen LogP contribution in [0.4, 0.5) is 14.6 Å². The Balaban J connectivity index is 2.55. The Kier molecular flexibility index (Phi) is 4.40. The maximum atomic E-state index is 13.4. The quantitative estimate of drug-likeness (QED) is 0.878. The van der Waals surface area contributed by atoms with Gasteiger partial charge in [0.15, 0.2) is 11.6 Å². The lowest BCUT2D eigenvalue weighted by Gasteiger charge is -2.24. The topological polar surface area (TPSA) is 28.2 Å². The molecule has 0 saturated heterocycles. The smallest absolute Gasteiger partial charge is 0.168 e. The zero-order chi connectivity index (χ0) is 13.1. The number of hydrogen-bond donors (Lipinski definition) is 1. The molecule has 0 radical (unpaired) electrons. The molecule has 1 N–H and O–H groups in total. The Morgan fingerprint density at radius 2 is 2.00 bits per heavy atom. The van der Waals surface area contributed by atoms with Gasteiger partial charge in [0.1, 0.15) is 5.82 Å². The molecule has 0 amide bonds. The van der Waals surface area contributed by atoms with Crippen LogP contribution in [-0.4, -0.2) is 30.7 Å². The van der Waals surface area contributed by atoms with Crippen LogP contribution in [0.1, 0.15) is 20.8 Å². The highest BCUT2D eigenvalue weighted by Crippen LogP contribution is 2.14. The average molecular weight is 243 g/mol. The van der Waals surface area contributed by atoms with Gasteiger partial charge in [0.05, 0.1) is 6.20 Å². The molecule has 0 aliphatic heterocycles. The van der Waals surface area contributed by atoms with E-state index in [9.17, 15) is 8.78 Å². The van der Waals surface area contributed by atoms with Crippen molar-refractivity contribution in [1.29, 1.82) is 0 Å². The van der Waals surface area contributed by atoms with Gasteiger partial charge in [-0.15, -0.1) is 0 Å². The van der Waals surface area contributed by atoms with Crippen molar-refractivity contribution < 1.29 is 8.78 Å². The molecule has 1 aromatic heterocycles. The lowest BCUT2D eigenvalue weighted by atomic mass is 10.1. The number of halogens is 2. The Morgan fingerprint density at radius 3 is 2.53 bits per heavy atom. The van der Waals surface area contributed by atoms with Gasteiger partial charge >= 0.3 is 0 Å². The van der Waals surface area contributed by atoms with Crippen molar-refractivity contribution >= 4 is 5.82 Å². The van der Waals surface area contributed by atoms with E-state index in [1.54, 1.807) is 11.9 Å². The van der Waals surface area contributed by atoms with Crippen LogP contribution in [-0.2, 0) is 0 Å². The van der Waals surface area contributed by atoms with Crippen LogP contribution in [0.15, 0.2) is 12.3 Å². The van der Waals surface area contributed by atoms with E-state index in [2.05, 4.69) is 31.1 Å². The lowest BCUT2D eigenvalue weighted by Crippen LogP contribution is -2.40. The summed E-state index contributed by atoms with van der Waals surface area (Å²) in [5.74, 6) is -1.13. The second-order valence-electron chi connectivity index (χ2n) is 5.06. The number of nitrogens with zero attached hydrogens (tertiary/aromatic N) is 2. The van der Waals surface area contributed by atoms with Crippen molar-refractivity contribution in [1.82, 2.24) is 10.3 Å². The van der Waals surface area contributed by atoms with Gasteiger partial charge in [-0.25, -0.2) is 13.8 Å². The van der Waals surface area contributed by atoms with Crippen molar-refractivity contribution in [3.05, 3.63) is 23.9 Å². The zero-order valence-corrected chi connectivity index (χ0v) is 10.7. The number of nitrogens with one attached hydrogen (secondary N) is 1. The molecule has 0 unspecified atom stereocenters. The van der Waals surface area contributed by atoms with Crippen molar-refractivity contribution in [2.75, 3.05) is 25.0 Å². The number of aromatic nitrogens is 1. The molecule has 0 atom stereocenters. The van der Waals surface area contributed by atoms with Crippen molar-refractivity contribution in [2.45, 2.75) is 26.3 Å². The number of likely N-dealkylation sites (N-methyl/N-ethyl adjacent to an activating group) is 1. The first kappa shape index (κ1) is 13.8. The largest absolute Gasteiger partial charge is 0.356 e. The van der Waals surface area contributed by atoms with Gasteiger partial charge in [-0.2, -0.15) is 0 Å². The van der Waals surface area contributed by atoms with Crippen LogP contribution in [0.3, 0.4) is 0 Å². The molecule has 3 nitrogen and oxygen atoms in total. The summed E-state index contributed by atoms with van der Waals surface area (Å²) in [7, 11) is 1.73. The van der Waals surface area contributed by atoms with Crippen LogP contribution in [0.2, 0.25) is 0 Å². The van der Waals surface area contributed by atoms with Crippen LogP contribution in [0.25, 0.3) is 0 Å². The molecule has 5 heteroatoms. The van der Waals surface area contributed by atoms with E-state index in [0.29, 0.717) is 13.1 Å². The summed E-state index contributed by atoms with van der Waals surface area (Å²) >= 11 is 0. The fourth-order valence-electron chi connectivity index (χ4n) is 1.39. The fraction of sp³-hybridized carbons (Fsp3) is 0.583. The summed E-state index contributed by atoms with van der Waals surface area (Å²) in [6, 6.07) is 0.843. The van der Waals surface area contributed by atoms with E-state index in [1.807, 2.05) is 0 Å². The van der Waals surface area contributed by atoms with E-state index >= 15 is 0 Å². The first-order valence-electron chi connectivity index (χ1n) is 5.57. The molecular weight excluding hydrogens is 224 g/mol. The van der Waals surface area contributed by atoms with Gasteiger partial charge in [0, 0.05) is 31.7 Å². The van der Waals surface area contributed by atoms with Gasteiger partial charge in [-0.05, 0) is 20.8 Å². The molecule has 0 saturated carbocycles. The second kappa shape index (κ2) is 5.40. The predicted octanol–water partition coefficient (Wildman–Crippen LogP) is 2.18. The predicted molar refractivity (Wildman–Crippen MR) is 65.2 cm³/mol. The highest BCUT2D eigenvalue weighted by Gasteiger charge is 2.12. The molecule has 0 aliphatic carbocycles. The van der Waals surface area contributed by atoms with Crippen LogP contribution in [0, 0.1) is 11.6 Å². The first-order chi connectivity index (χ1) is 7.79. The molecule has 1 rings (SSSR count). The summed E-state index contributed by atoms with van der Waals surface area (Å²) < 4.78 is 26.1. The molecule has 0 spiro atoms. The van der Waals surface area contributed by atoms with Crippen LogP contribution < -0.4 is 10.2 Å². The molecule has 0 fully saturated rings. The van der Waals surface area contributed by atoms with Crippen molar-refractivity contribution in [3.8, 4) is 0 Å². The van der Waals surface area contributed by atoms with Gasteiger partial charge in [0.25, 0.3) is 0 Å². The van der Waals surface area contributed by atoms with Crippen molar-refractivity contribution in [2.24, 2.45) is 0 Å². The summed E-state index contributed by atoms with van der Waals surface area (Å²) in [5, 5.41) is 3.29. The summed E-state index contributed by atoms with van der Waals surface area (Å²) in [5.41, 5.74) is 0.0234. The third kappa shape index (κ3) is 4.65. The Morgan fingerprint density at radius 1 is 1.35 bits per heavy atom. The monoisotopic (exact) mass is 243 g/mol. The highest BCUT2D eigenvalue weighted by molar-refractivity contribution is 5.38. The maximum Gasteiger partial charge on any atom is 0.168 e. The summed E-state index contributed by atoms with van der Waals surface area (Å²) in [6.07, 6.45) is 1.02. The number of pyridine rings is 1. The van der Waals surface area contributed by atoms with Gasteiger partial charge in [0.2, 0.25) is 0 Å². The highest BCUT2D eigenvalue weighted by atomic mass is 19.1. The van der Waals surface area contributed by atoms with Gasteiger partial charge in [-0.3, -0.25) is 0 Å². The molecule has 0 aliphatic rings. The standard InChI is InChI=1S/C12H19F2N3/c1-12(2,3)16-5-6-17(4)11-10(14)7-9(13)8-15-11/h7-8,16H,5-6H2,1-4H3. The Labute approximate surface area is 101 Å². The Bertz CT molecular complexity index is 375. The lowest BCUT2D eigenvalue weighted by molar-refractivity contribution is 0.430. The third-order valence-electron chi connectivity index (χ3n) is 2.25. The number of rotatable bonds is 4. The SMILES string of the molecule is CN(CCNC(C)(C)C)c1ncc(F)cc1F. The average Bonchev–Trinajstić information content (AvgIpc) is 2.15. The number of anilines is 1. The summed E-state index contributed by atoms with van der Waals surface area (Å²) in [4.78, 5) is 5.40. The third-order valence-corrected chi connectivity index (χ3v) is 2.25. The van der Waals surface area contributed by atoms with Crippen molar-refractivity contribution in [3.63, 3.8) is 0 Å². The van der Waals surface area contributed by atoms with Gasteiger partial charge in [-0.1, -0.05) is 0 Å². The van der Waals surface area contributed by atoms with E-state index in [0.717, 1.165) is 12.3 Å². The minimum Gasteiger partial charge on any atom is -0.356 e. The van der Waals surface area contributed by atoms with E-state index < -0.39 is 11.6 Å². The van der Waals surface area contributed by atoms with E-state index in [1.165, 1.54) is 0 Å². The molecule has 17 heavy (non-hydrogen) atoms. The number of hydrogen-bond acceptors (Lipinski definition) is 3. The minimum absolute atomic E-state index is 0.0234.